The SMILES string of the molecule is CCCCCCCCCCCCCCCCCCCCCCCCCCCCCCCCCCCCCCCCCCCCCCCCCCCCCCCCCCCCCCCCCCCCCCc1ccccc1O. The summed E-state index contributed by atoms with van der Waals surface area (Å²) >= 11 is 0. The highest BCUT2D eigenvalue weighted by atomic mass is 16.3. The van der Waals surface area contributed by atoms with Crippen LogP contribution in [0.1, 0.15) is 449 Å². The summed E-state index contributed by atoms with van der Waals surface area (Å²) < 4.78 is 0. The Morgan fingerprint density at radius 2 is 0.312 bits per heavy atom. The highest BCUT2D eigenvalue weighted by Crippen LogP contribution is 2.22. The number of rotatable bonds is 69. The summed E-state index contributed by atoms with van der Waals surface area (Å²) in [5.74, 6) is 0.469. The van der Waals surface area contributed by atoms with Crippen LogP contribution in [0.25, 0.3) is 0 Å². The molecule has 1 aromatic carbocycles. The Morgan fingerprint density at radius 3 is 0.455 bits per heavy atom. The Labute approximate surface area is 488 Å². The molecule has 0 saturated carbocycles. The van der Waals surface area contributed by atoms with E-state index in [9.17, 15) is 5.11 Å². The van der Waals surface area contributed by atoms with Crippen molar-refractivity contribution in [3.05, 3.63) is 29.8 Å². The summed E-state index contributed by atoms with van der Waals surface area (Å²) in [7, 11) is 0. The van der Waals surface area contributed by atoms with E-state index in [0.717, 1.165) is 12.0 Å². The maximum Gasteiger partial charge on any atom is 0.118 e. The van der Waals surface area contributed by atoms with Crippen LogP contribution in [0.3, 0.4) is 0 Å². The van der Waals surface area contributed by atoms with Gasteiger partial charge in [0.2, 0.25) is 0 Å². The highest BCUT2D eigenvalue weighted by molar-refractivity contribution is 5.31. The van der Waals surface area contributed by atoms with E-state index in [4.69, 9.17) is 0 Å². The second-order valence-electron chi connectivity index (χ2n) is 26.1. The first-order valence-corrected chi connectivity index (χ1v) is 37.1. The second kappa shape index (κ2) is 67.5. The number of para-hydroxylation sites is 1. The molecule has 0 aromatic heterocycles. The second-order valence-corrected chi connectivity index (χ2v) is 26.1. The Bertz CT molecular complexity index is 1170. The van der Waals surface area contributed by atoms with Crippen molar-refractivity contribution in [2.45, 2.75) is 450 Å². The molecule has 77 heavy (non-hydrogen) atoms. The zero-order valence-corrected chi connectivity index (χ0v) is 53.5. The monoisotopic (exact) mass is 1080 g/mol. The maximum absolute atomic E-state index is 9.89. The lowest BCUT2D eigenvalue weighted by Gasteiger charge is -2.05. The molecule has 0 spiro atoms. The summed E-state index contributed by atoms with van der Waals surface area (Å²) in [6.45, 7) is 2.31. The van der Waals surface area contributed by atoms with E-state index in [2.05, 4.69) is 13.0 Å². The molecular formula is C76H146O. The fourth-order valence-electron chi connectivity index (χ4n) is 12.8. The molecule has 1 nitrogen and oxygen atoms in total. The molecule has 0 aliphatic carbocycles. The van der Waals surface area contributed by atoms with E-state index in [-0.39, 0.29) is 0 Å². The number of hydrogen-bond acceptors (Lipinski definition) is 1. The summed E-state index contributed by atoms with van der Waals surface area (Å²) in [6, 6.07) is 7.82. The van der Waals surface area contributed by atoms with Gasteiger partial charge in [-0.3, -0.25) is 0 Å². The first kappa shape index (κ1) is 74.0. The average molecular weight is 1080 g/mol. The van der Waals surface area contributed by atoms with Gasteiger partial charge >= 0.3 is 0 Å². The molecule has 0 atom stereocenters. The molecule has 0 aliphatic rings. The molecule has 0 fully saturated rings. The molecule has 0 radical (unpaired) electrons. The van der Waals surface area contributed by atoms with Gasteiger partial charge < -0.3 is 5.11 Å². The fourth-order valence-corrected chi connectivity index (χ4v) is 12.8. The van der Waals surface area contributed by atoms with Crippen molar-refractivity contribution in [2.24, 2.45) is 0 Å². The summed E-state index contributed by atoms with van der Waals surface area (Å²) in [5, 5.41) is 9.89. The van der Waals surface area contributed by atoms with Crippen molar-refractivity contribution in [1.82, 2.24) is 0 Å². The standard InChI is InChI=1S/C76H146O/c1-2-3-4-5-6-7-8-9-10-11-12-13-14-15-16-17-18-19-20-21-22-23-24-25-26-27-28-29-30-31-32-33-34-35-36-37-38-39-40-41-42-43-44-45-46-47-48-49-50-51-52-53-54-55-56-57-58-59-60-61-62-63-64-65-66-67-68-69-72-75-73-70-71-74-76(75)77/h70-71,73-74,77H,2-69,72H2,1H3. The Hall–Kier alpha value is -0.980. The smallest absolute Gasteiger partial charge is 0.118 e. The van der Waals surface area contributed by atoms with E-state index in [1.165, 1.54) is 437 Å². The van der Waals surface area contributed by atoms with Gasteiger partial charge in [-0.2, -0.15) is 0 Å². The lowest BCUT2D eigenvalue weighted by atomic mass is 10.0. The third-order valence-electron chi connectivity index (χ3n) is 18.3. The predicted molar refractivity (Wildman–Crippen MR) is 351 cm³/mol. The van der Waals surface area contributed by atoms with Crippen LogP contribution in [0.5, 0.6) is 5.75 Å². The molecule has 1 rings (SSSR count). The molecule has 0 saturated heterocycles. The van der Waals surface area contributed by atoms with Crippen molar-refractivity contribution >= 4 is 0 Å². The van der Waals surface area contributed by atoms with Crippen LogP contribution < -0.4 is 0 Å². The van der Waals surface area contributed by atoms with Gasteiger partial charge in [-0.15, -0.1) is 0 Å². The normalized spacial score (nSPS) is 11.7. The Balaban J connectivity index is 1.59. The van der Waals surface area contributed by atoms with Crippen LogP contribution in [0.2, 0.25) is 0 Å². The molecule has 0 amide bonds. The zero-order valence-electron chi connectivity index (χ0n) is 53.5. The van der Waals surface area contributed by atoms with Crippen LogP contribution in [0.15, 0.2) is 24.3 Å². The van der Waals surface area contributed by atoms with Crippen molar-refractivity contribution in [3.8, 4) is 5.75 Å². The van der Waals surface area contributed by atoms with Gasteiger partial charge in [-0.25, -0.2) is 0 Å². The minimum atomic E-state index is 0.469. The first-order chi connectivity index (χ1) is 38.3. The Kier molecular flexibility index (Phi) is 64.9. The lowest BCUT2D eigenvalue weighted by Crippen LogP contribution is -1.87. The summed E-state index contributed by atoms with van der Waals surface area (Å²) in [4.78, 5) is 0. The minimum absolute atomic E-state index is 0.469. The first-order valence-electron chi connectivity index (χ1n) is 37.1. The molecule has 0 heterocycles. The lowest BCUT2D eigenvalue weighted by molar-refractivity contribution is 0.465. The van der Waals surface area contributed by atoms with E-state index in [0.29, 0.717) is 5.75 Å². The van der Waals surface area contributed by atoms with E-state index < -0.39 is 0 Å². The van der Waals surface area contributed by atoms with Crippen LogP contribution in [-0.4, -0.2) is 5.11 Å². The maximum atomic E-state index is 9.89. The van der Waals surface area contributed by atoms with Gasteiger partial charge in [-0.1, -0.05) is 455 Å². The number of hydrogen-bond donors (Lipinski definition) is 1. The quantitative estimate of drug-likeness (QED) is 0.0645. The molecule has 0 unspecified atom stereocenters. The molecule has 0 aliphatic heterocycles. The highest BCUT2D eigenvalue weighted by Gasteiger charge is 2.03. The van der Waals surface area contributed by atoms with Crippen LogP contribution in [0, 0.1) is 0 Å². The van der Waals surface area contributed by atoms with Crippen LogP contribution in [0.4, 0.5) is 0 Å². The third kappa shape index (κ3) is 62.5. The van der Waals surface area contributed by atoms with Gasteiger partial charge in [0, 0.05) is 0 Å². The molecule has 0 bridgehead atoms. The molecule has 1 aromatic rings. The number of unbranched alkanes of at least 4 members (excludes halogenated alkanes) is 67. The summed E-state index contributed by atoms with van der Waals surface area (Å²) in [5.41, 5.74) is 1.11. The van der Waals surface area contributed by atoms with Gasteiger partial charge in [-0.05, 0) is 24.5 Å². The van der Waals surface area contributed by atoms with Crippen LogP contribution in [-0.2, 0) is 6.42 Å². The number of benzene rings is 1. The van der Waals surface area contributed by atoms with E-state index in [1.807, 2.05) is 18.2 Å². The van der Waals surface area contributed by atoms with Gasteiger partial charge in [0.1, 0.15) is 5.75 Å². The third-order valence-corrected chi connectivity index (χ3v) is 18.3. The van der Waals surface area contributed by atoms with Crippen LogP contribution >= 0.6 is 0 Å². The molecule has 1 N–H and O–H groups in total. The fraction of sp³-hybridized carbons (Fsp3) is 0.921. The van der Waals surface area contributed by atoms with Gasteiger partial charge in [0.05, 0.1) is 0 Å². The van der Waals surface area contributed by atoms with Gasteiger partial charge in [0.25, 0.3) is 0 Å². The minimum Gasteiger partial charge on any atom is -0.508 e. The van der Waals surface area contributed by atoms with Crippen molar-refractivity contribution < 1.29 is 5.11 Å². The number of phenols is 1. The van der Waals surface area contributed by atoms with Crippen molar-refractivity contribution in [2.75, 3.05) is 0 Å². The number of aryl methyl sites for hydroxylation is 1. The van der Waals surface area contributed by atoms with Gasteiger partial charge in [0.15, 0.2) is 0 Å². The molecule has 1 heteroatoms. The number of phenolic OH excluding ortho intramolecular Hbond substituents is 1. The van der Waals surface area contributed by atoms with E-state index in [1.54, 1.807) is 0 Å². The zero-order chi connectivity index (χ0) is 54.8. The van der Waals surface area contributed by atoms with E-state index >= 15 is 0 Å². The van der Waals surface area contributed by atoms with Crippen molar-refractivity contribution in [1.29, 1.82) is 0 Å². The molecule has 456 valence electrons. The largest absolute Gasteiger partial charge is 0.508 e. The predicted octanol–water partition coefficient (Wildman–Crippen LogP) is 28.5. The van der Waals surface area contributed by atoms with Crippen molar-refractivity contribution in [3.63, 3.8) is 0 Å². The number of aromatic hydroxyl groups is 1. The Morgan fingerprint density at radius 1 is 0.182 bits per heavy atom. The molecular weight excluding hydrogens is 929 g/mol. The summed E-state index contributed by atoms with van der Waals surface area (Å²) in [6.07, 6.45) is 101. The average Bonchev–Trinajstić information content (AvgIpc) is 3.44. The topological polar surface area (TPSA) is 20.2 Å².